The molecule has 2 saturated heterocycles. The molecule has 0 aromatic carbocycles. The predicted molar refractivity (Wildman–Crippen MR) is 279 cm³/mol. The van der Waals surface area contributed by atoms with Gasteiger partial charge in [0.25, 0.3) is 0 Å². The van der Waals surface area contributed by atoms with E-state index in [0.29, 0.717) is 12.8 Å². The molecule has 2 rings (SSSR count). The van der Waals surface area contributed by atoms with Crippen molar-refractivity contribution in [2.75, 3.05) is 26.4 Å². The van der Waals surface area contributed by atoms with Crippen LogP contribution in [0.2, 0.25) is 0 Å². The van der Waals surface area contributed by atoms with Gasteiger partial charge in [0.1, 0.15) is 55.4 Å². The molecule has 72 heavy (non-hydrogen) atoms. The fourth-order valence-corrected chi connectivity index (χ4v) is 9.26. The zero-order chi connectivity index (χ0) is 52.4. The highest BCUT2D eigenvalue weighted by atomic mass is 16.7. The van der Waals surface area contributed by atoms with Gasteiger partial charge < -0.3 is 64.2 Å². The van der Waals surface area contributed by atoms with Gasteiger partial charge in [-0.05, 0) is 50.7 Å². The molecule has 2 fully saturated rings. The number of carbonyl (C=O) groups is 2. The van der Waals surface area contributed by atoms with E-state index in [2.05, 4.69) is 31.7 Å². The number of allylic oxidation sites excluding steroid dienone is 1. The van der Waals surface area contributed by atoms with Crippen LogP contribution in [0.3, 0.4) is 0 Å². The van der Waals surface area contributed by atoms with Crippen molar-refractivity contribution in [1.82, 2.24) is 0 Å². The minimum atomic E-state index is -1.77. The molecule has 422 valence electrons. The maximum atomic E-state index is 13.0. The first-order valence-electron chi connectivity index (χ1n) is 29.0. The second-order valence-corrected chi connectivity index (χ2v) is 20.6. The Bertz CT molecular complexity index is 1360. The Labute approximate surface area is 434 Å². The minimum Gasteiger partial charge on any atom is -0.462 e. The lowest BCUT2D eigenvalue weighted by Gasteiger charge is -2.42. The Balaban J connectivity index is 1.74. The van der Waals surface area contributed by atoms with Gasteiger partial charge in [-0.25, -0.2) is 0 Å². The van der Waals surface area contributed by atoms with E-state index in [1.54, 1.807) is 0 Å². The number of aliphatic hydroxyl groups is 7. The molecule has 11 atom stereocenters. The van der Waals surface area contributed by atoms with E-state index >= 15 is 0 Å². The minimum absolute atomic E-state index is 0.148. The van der Waals surface area contributed by atoms with Crippen LogP contribution in [0.25, 0.3) is 0 Å². The zero-order valence-corrected chi connectivity index (χ0v) is 45.0. The van der Waals surface area contributed by atoms with Crippen LogP contribution in [0.5, 0.6) is 0 Å². The van der Waals surface area contributed by atoms with Crippen LogP contribution in [0.1, 0.15) is 239 Å². The fourth-order valence-electron chi connectivity index (χ4n) is 9.26. The number of hydrogen-bond donors (Lipinski definition) is 7. The van der Waals surface area contributed by atoms with E-state index in [0.717, 1.165) is 57.8 Å². The molecule has 2 heterocycles. The summed E-state index contributed by atoms with van der Waals surface area (Å²) < 4.78 is 33.7. The monoisotopic (exact) mass is 1030 g/mol. The first kappa shape index (κ1) is 66.1. The van der Waals surface area contributed by atoms with Gasteiger partial charge in [0.2, 0.25) is 0 Å². The SMILES string of the molecule is CCCCCCCC=C=CCCCCCCCC(=O)O[C@@H](COC(=O)CCCCCCCCCCCCCCCCCCCCCCC)CO[C@@H]1O[C@H](CO[C@@H]2O[C@H](CO)[C@H](O)C(O)C2O)[C@H](O)C(O)C1O. The second kappa shape index (κ2) is 44.2. The number of hydrogen-bond acceptors (Lipinski definition) is 15. The molecular weight excluding hydrogens is 925 g/mol. The Morgan fingerprint density at radius 2 is 0.833 bits per heavy atom. The first-order valence-corrected chi connectivity index (χ1v) is 29.0. The number of carbonyl (C=O) groups excluding carboxylic acids is 2. The molecule has 4 unspecified atom stereocenters. The number of aliphatic hydroxyl groups excluding tert-OH is 7. The zero-order valence-electron chi connectivity index (χ0n) is 45.0. The molecule has 0 aliphatic carbocycles. The highest BCUT2D eigenvalue weighted by Crippen LogP contribution is 2.27. The molecule has 2 aliphatic rings. The summed E-state index contributed by atoms with van der Waals surface area (Å²) in [5, 5.41) is 72.2. The normalized spacial score (nSPS) is 24.7. The van der Waals surface area contributed by atoms with E-state index in [4.69, 9.17) is 28.4 Å². The van der Waals surface area contributed by atoms with Gasteiger partial charge in [-0.15, -0.1) is 5.73 Å². The average molecular weight is 1030 g/mol. The lowest BCUT2D eigenvalue weighted by atomic mass is 9.98. The Kier molecular flexibility index (Phi) is 40.6. The highest BCUT2D eigenvalue weighted by molar-refractivity contribution is 5.70. The number of rotatable bonds is 46. The molecule has 15 nitrogen and oxygen atoms in total. The molecule has 0 bridgehead atoms. The van der Waals surface area contributed by atoms with Crippen LogP contribution < -0.4 is 0 Å². The van der Waals surface area contributed by atoms with Gasteiger partial charge in [0.15, 0.2) is 18.7 Å². The van der Waals surface area contributed by atoms with E-state index in [1.807, 2.05) is 0 Å². The van der Waals surface area contributed by atoms with Crippen molar-refractivity contribution < 1.29 is 73.8 Å². The molecule has 7 N–H and O–H groups in total. The Morgan fingerprint density at radius 3 is 1.28 bits per heavy atom. The third-order valence-electron chi connectivity index (χ3n) is 14.0. The summed E-state index contributed by atoms with van der Waals surface area (Å²) in [5.74, 6) is -0.933. The van der Waals surface area contributed by atoms with Gasteiger partial charge in [0.05, 0.1) is 19.8 Å². The summed E-state index contributed by atoms with van der Waals surface area (Å²) in [7, 11) is 0. The second-order valence-electron chi connectivity index (χ2n) is 20.6. The third-order valence-corrected chi connectivity index (χ3v) is 14.0. The number of ether oxygens (including phenoxy) is 6. The summed E-state index contributed by atoms with van der Waals surface area (Å²) in [6, 6.07) is 0. The van der Waals surface area contributed by atoms with Crippen LogP contribution in [0.4, 0.5) is 0 Å². The summed E-state index contributed by atoms with van der Waals surface area (Å²) in [4.78, 5) is 25.9. The summed E-state index contributed by atoms with van der Waals surface area (Å²) >= 11 is 0. The Hall–Kier alpha value is -1.98. The van der Waals surface area contributed by atoms with Crippen molar-refractivity contribution >= 4 is 11.9 Å². The topological polar surface area (TPSA) is 231 Å². The van der Waals surface area contributed by atoms with E-state index in [1.165, 1.54) is 141 Å². The molecule has 0 saturated carbocycles. The maximum absolute atomic E-state index is 13.0. The fraction of sp³-hybridized carbons (Fsp3) is 0.912. The van der Waals surface area contributed by atoms with Crippen LogP contribution in [0, 0.1) is 0 Å². The molecule has 0 spiro atoms. The van der Waals surface area contributed by atoms with E-state index < -0.39 is 92.7 Å². The summed E-state index contributed by atoms with van der Waals surface area (Å²) in [5.41, 5.74) is 3.29. The molecule has 0 aromatic rings. The van der Waals surface area contributed by atoms with E-state index in [9.17, 15) is 45.3 Å². The quantitative estimate of drug-likeness (QED) is 0.0171. The average Bonchev–Trinajstić information content (AvgIpc) is 3.37. The van der Waals surface area contributed by atoms with Crippen molar-refractivity contribution in [3.63, 3.8) is 0 Å². The van der Waals surface area contributed by atoms with Crippen LogP contribution in [-0.2, 0) is 38.0 Å². The first-order chi connectivity index (χ1) is 35.0. The van der Waals surface area contributed by atoms with Crippen LogP contribution in [0.15, 0.2) is 17.9 Å². The predicted octanol–water partition coefficient (Wildman–Crippen LogP) is 9.49. The van der Waals surface area contributed by atoms with Gasteiger partial charge in [-0.3, -0.25) is 9.59 Å². The third kappa shape index (κ3) is 31.2. The lowest BCUT2D eigenvalue weighted by molar-refractivity contribution is -0.332. The molecule has 0 amide bonds. The molecular formula is C57H104O15. The number of esters is 2. The molecule has 0 radical (unpaired) electrons. The van der Waals surface area contributed by atoms with Gasteiger partial charge >= 0.3 is 11.9 Å². The summed E-state index contributed by atoms with van der Waals surface area (Å²) in [6.07, 6.45) is 27.3. The maximum Gasteiger partial charge on any atom is 0.306 e. The standard InChI is InChI=1S/C57H104O15/c1-3-5-7-9-11-13-15-17-19-20-21-22-23-24-26-27-29-31-33-35-37-39-48(59)67-42-45(70-49(60)40-38-36-34-32-30-28-25-18-16-14-12-10-8-6-4-2)43-68-56-55(66)53(64)51(62)47(72-56)44-69-57-54(65)52(63)50(61)46(41-58)71-57/h16,25,45-47,50-58,61-66H,3-15,17,19-24,26-44H2,1-2H3/t18?,45-,46+,47+,50-,51-,52?,53?,54?,55?,56+,57+/m0/s1. The van der Waals surface area contributed by atoms with Gasteiger partial charge in [0, 0.05) is 12.8 Å². The molecule has 2 aliphatic heterocycles. The highest BCUT2D eigenvalue weighted by Gasteiger charge is 2.47. The van der Waals surface area contributed by atoms with Crippen molar-refractivity contribution in [2.24, 2.45) is 0 Å². The summed E-state index contributed by atoms with van der Waals surface area (Å²) in [6.45, 7) is 2.60. The molecule has 15 heteroatoms. The van der Waals surface area contributed by atoms with Crippen molar-refractivity contribution in [3.05, 3.63) is 17.9 Å². The number of unbranched alkanes of at least 4 members (excludes halogenated alkanes) is 30. The van der Waals surface area contributed by atoms with Crippen molar-refractivity contribution in [3.8, 4) is 0 Å². The van der Waals surface area contributed by atoms with Gasteiger partial charge in [-0.1, -0.05) is 187 Å². The van der Waals surface area contributed by atoms with Crippen LogP contribution >= 0.6 is 0 Å². The largest absolute Gasteiger partial charge is 0.462 e. The molecule has 0 aromatic heterocycles. The van der Waals surface area contributed by atoms with Crippen LogP contribution in [-0.4, -0.2) is 142 Å². The Morgan fingerprint density at radius 1 is 0.458 bits per heavy atom. The lowest BCUT2D eigenvalue weighted by Crippen LogP contribution is -2.61. The van der Waals surface area contributed by atoms with Gasteiger partial charge in [-0.2, -0.15) is 0 Å². The van der Waals surface area contributed by atoms with Crippen molar-refractivity contribution in [1.29, 1.82) is 0 Å². The van der Waals surface area contributed by atoms with Crippen molar-refractivity contribution in [2.45, 2.75) is 306 Å². The smallest absolute Gasteiger partial charge is 0.306 e. The van der Waals surface area contributed by atoms with E-state index in [-0.39, 0.29) is 26.1 Å².